The van der Waals surface area contributed by atoms with Gasteiger partial charge < -0.3 is 0 Å². The predicted octanol–water partition coefficient (Wildman–Crippen LogP) is 2.73. The molecule has 0 fully saturated rings. The van der Waals surface area contributed by atoms with Crippen LogP contribution in [0.5, 0.6) is 0 Å². The third-order valence-electron chi connectivity index (χ3n) is 2.91. The van der Waals surface area contributed by atoms with E-state index in [1.807, 2.05) is 6.92 Å². The molecule has 0 bridgehead atoms. The number of hydrazone groups is 1. The molecule has 0 unspecified atom stereocenters. The number of allylic oxidation sites excluding steroid dienone is 1. The summed E-state index contributed by atoms with van der Waals surface area (Å²) < 4.78 is 0. The molecule has 1 aromatic carbocycles. The first-order valence-electron chi connectivity index (χ1n) is 6.74. The number of nitrogens with zero attached hydrogens (tertiary/aromatic N) is 3. The van der Waals surface area contributed by atoms with Gasteiger partial charge in [0.2, 0.25) is 0 Å². The molecule has 0 aliphatic carbocycles. The fraction of sp³-hybridized carbons (Fsp3) is 0.0625. The van der Waals surface area contributed by atoms with Crippen molar-refractivity contribution in [2.24, 2.45) is 5.10 Å². The van der Waals surface area contributed by atoms with Gasteiger partial charge in [0, 0.05) is 24.2 Å². The molecule has 1 aromatic heterocycles. The smallest absolute Gasteiger partial charge is 0.267 e. The van der Waals surface area contributed by atoms with E-state index in [1.165, 1.54) is 24.6 Å². The highest BCUT2D eigenvalue weighted by Crippen LogP contribution is 2.18. The lowest BCUT2D eigenvalue weighted by Crippen LogP contribution is -2.17. The molecule has 0 saturated carbocycles. The van der Waals surface area contributed by atoms with Crippen molar-refractivity contribution in [2.45, 2.75) is 6.92 Å². The van der Waals surface area contributed by atoms with Crippen LogP contribution in [0.3, 0.4) is 0 Å². The van der Waals surface area contributed by atoms with Crippen LogP contribution in [0.15, 0.2) is 53.8 Å². The predicted molar refractivity (Wildman–Crippen MR) is 87.1 cm³/mol. The van der Waals surface area contributed by atoms with E-state index >= 15 is 0 Å². The minimum Gasteiger partial charge on any atom is -0.267 e. The number of pyridine rings is 1. The highest BCUT2D eigenvalue weighted by molar-refractivity contribution is 5.94. The van der Waals surface area contributed by atoms with Gasteiger partial charge in [-0.05, 0) is 37.3 Å². The maximum atomic E-state index is 11.8. The molecule has 2 aromatic rings. The quantitative estimate of drug-likeness (QED) is 0.521. The van der Waals surface area contributed by atoms with Crippen molar-refractivity contribution in [1.29, 1.82) is 0 Å². The number of aryl methyl sites for hydroxylation is 1. The number of amides is 1. The summed E-state index contributed by atoms with van der Waals surface area (Å²) in [5, 5.41) is 14.6. The summed E-state index contributed by atoms with van der Waals surface area (Å²) in [7, 11) is 0. The van der Waals surface area contributed by atoms with E-state index < -0.39 is 4.92 Å². The van der Waals surface area contributed by atoms with E-state index in [0.717, 1.165) is 5.69 Å². The van der Waals surface area contributed by atoms with Crippen LogP contribution in [0, 0.1) is 17.0 Å². The van der Waals surface area contributed by atoms with Crippen molar-refractivity contribution in [3.8, 4) is 0 Å². The first kappa shape index (κ1) is 16.0. The standard InChI is InChI=1S/C16H14N4O3/c1-12-8-9-14(11-17-12)16(21)19-18-10-4-6-13-5-2-3-7-15(13)20(22)23/h2-11H,1H3,(H,19,21). The molecule has 116 valence electrons. The number of rotatable bonds is 5. The number of para-hydroxylation sites is 1. The van der Waals surface area contributed by atoms with Crippen LogP contribution in [0.25, 0.3) is 6.08 Å². The third-order valence-corrected chi connectivity index (χ3v) is 2.91. The lowest BCUT2D eigenvalue weighted by molar-refractivity contribution is -0.385. The molecular weight excluding hydrogens is 296 g/mol. The van der Waals surface area contributed by atoms with Crippen LogP contribution in [0.1, 0.15) is 21.6 Å². The highest BCUT2D eigenvalue weighted by atomic mass is 16.6. The zero-order chi connectivity index (χ0) is 16.7. The van der Waals surface area contributed by atoms with E-state index in [2.05, 4.69) is 15.5 Å². The largest absolute Gasteiger partial charge is 0.276 e. The van der Waals surface area contributed by atoms with Gasteiger partial charge in [0.1, 0.15) is 0 Å². The number of hydrogen-bond acceptors (Lipinski definition) is 5. The molecule has 0 atom stereocenters. The Morgan fingerprint density at radius 3 is 2.78 bits per heavy atom. The maximum Gasteiger partial charge on any atom is 0.276 e. The zero-order valence-electron chi connectivity index (χ0n) is 12.3. The van der Waals surface area contributed by atoms with Crippen molar-refractivity contribution in [1.82, 2.24) is 10.4 Å². The van der Waals surface area contributed by atoms with Gasteiger partial charge in [-0.2, -0.15) is 5.10 Å². The summed E-state index contributed by atoms with van der Waals surface area (Å²) in [6.07, 6.45) is 5.86. The van der Waals surface area contributed by atoms with Gasteiger partial charge in [-0.3, -0.25) is 19.9 Å². The minimum atomic E-state index is -0.455. The van der Waals surface area contributed by atoms with Crippen LogP contribution in [-0.4, -0.2) is 22.0 Å². The number of benzene rings is 1. The van der Waals surface area contributed by atoms with Gasteiger partial charge in [-0.1, -0.05) is 12.1 Å². The van der Waals surface area contributed by atoms with Crippen LogP contribution in [0.2, 0.25) is 0 Å². The number of carbonyl (C=O) groups is 1. The Labute approximate surface area is 132 Å². The van der Waals surface area contributed by atoms with Crippen LogP contribution in [0.4, 0.5) is 5.69 Å². The zero-order valence-corrected chi connectivity index (χ0v) is 12.3. The van der Waals surface area contributed by atoms with E-state index in [0.29, 0.717) is 11.1 Å². The van der Waals surface area contributed by atoms with Gasteiger partial charge in [0.25, 0.3) is 11.6 Å². The first-order chi connectivity index (χ1) is 11.1. The molecule has 0 spiro atoms. The molecular formula is C16H14N4O3. The van der Waals surface area contributed by atoms with Gasteiger partial charge >= 0.3 is 0 Å². The number of nitro benzene ring substituents is 1. The lowest BCUT2D eigenvalue weighted by atomic mass is 10.2. The Morgan fingerprint density at radius 2 is 2.09 bits per heavy atom. The summed E-state index contributed by atoms with van der Waals surface area (Å²) in [5.74, 6) is -0.382. The van der Waals surface area contributed by atoms with E-state index in [4.69, 9.17) is 0 Å². The van der Waals surface area contributed by atoms with Crippen LogP contribution >= 0.6 is 0 Å². The summed E-state index contributed by atoms with van der Waals surface area (Å²) in [5.41, 5.74) is 4.03. The summed E-state index contributed by atoms with van der Waals surface area (Å²) in [6, 6.07) is 9.72. The molecule has 2 rings (SSSR count). The SMILES string of the molecule is Cc1ccc(C(=O)NN=CC=Cc2ccccc2[N+](=O)[O-])cn1. The maximum absolute atomic E-state index is 11.8. The second-order valence-electron chi connectivity index (χ2n) is 4.58. The average molecular weight is 310 g/mol. The number of nitro groups is 1. The third kappa shape index (κ3) is 4.57. The van der Waals surface area contributed by atoms with Gasteiger partial charge in [0.05, 0.1) is 16.1 Å². The molecule has 0 saturated heterocycles. The number of aromatic nitrogens is 1. The minimum absolute atomic E-state index is 0.00640. The van der Waals surface area contributed by atoms with Crippen molar-refractivity contribution in [3.05, 3.63) is 75.6 Å². The first-order valence-corrected chi connectivity index (χ1v) is 6.74. The molecule has 1 amide bonds. The highest BCUT2D eigenvalue weighted by Gasteiger charge is 2.08. The van der Waals surface area contributed by atoms with Crippen LogP contribution in [-0.2, 0) is 0 Å². The van der Waals surface area contributed by atoms with Crippen molar-refractivity contribution < 1.29 is 9.72 Å². The van der Waals surface area contributed by atoms with Gasteiger partial charge in [0.15, 0.2) is 0 Å². The monoisotopic (exact) mass is 310 g/mol. The van der Waals surface area contributed by atoms with Gasteiger partial charge in [-0.25, -0.2) is 5.43 Å². The van der Waals surface area contributed by atoms with Crippen LogP contribution < -0.4 is 5.43 Å². The topological polar surface area (TPSA) is 97.5 Å². The average Bonchev–Trinajstić information content (AvgIpc) is 2.55. The van der Waals surface area contributed by atoms with Crippen molar-refractivity contribution in [3.63, 3.8) is 0 Å². The molecule has 23 heavy (non-hydrogen) atoms. The van der Waals surface area contributed by atoms with E-state index in [9.17, 15) is 14.9 Å². The Hall–Kier alpha value is -3.35. The number of nitrogens with one attached hydrogen (secondary N) is 1. The molecule has 7 nitrogen and oxygen atoms in total. The molecule has 1 heterocycles. The summed E-state index contributed by atoms with van der Waals surface area (Å²) in [4.78, 5) is 26.2. The molecule has 7 heteroatoms. The normalized spacial score (nSPS) is 11.0. The number of hydrogen-bond donors (Lipinski definition) is 1. The molecule has 0 aliphatic rings. The van der Waals surface area contributed by atoms with Crippen molar-refractivity contribution >= 4 is 23.9 Å². The van der Waals surface area contributed by atoms with Gasteiger partial charge in [-0.15, -0.1) is 0 Å². The van der Waals surface area contributed by atoms with Crippen molar-refractivity contribution in [2.75, 3.05) is 0 Å². The molecule has 1 N–H and O–H groups in total. The second kappa shape index (κ2) is 7.60. The van der Waals surface area contributed by atoms with E-state index in [1.54, 1.807) is 36.4 Å². The fourth-order valence-corrected chi connectivity index (χ4v) is 1.75. The Balaban J connectivity index is 1.95. The van der Waals surface area contributed by atoms with E-state index in [-0.39, 0.29) is 11.6 Å². The molecule has 0 radical (unpaired) electrons. The fourth-order valence-electron chi connectivity index (χ4n) is 1.75. The Kier molecular flexibility index (Phi) is 5.30. The Bertz CT molecular complexity index is 767. The number of carbonyl (C=O) groups excluding carboxylic acids is 1. The second-order valence-corrected chi connectivity index (χ2v) is 4.58. The summed E-state index contributed by atoms with van der Waals surface area (Å²) >= 11 is 0. The summed E-state index contributed by atoms with van der Waals surface area (Å²) in [6.45, 7) is 1.83. The molecule has 0 aliphatic heterocycles. The lowest BCUT2D eigenvalue weighted by Gasteiger charge is -1.98. The Morgan fingerprint density at radius 1 is 1.30 bits per heavy atom.